The fourth-order valence-corrected chi connectivity index (χ4v) is 1.16. The van der Waals surface area contributed by atoms with Crippen LogP contribution in [0.5, 0.6) is 5.75 Å². The number of imidazole rings is 1. The minimum Gasteiger partial charge on any atom is -0.508 e. The molecular weight excluding hydrogens is 194 g/mol. The summed E-state index contributed by atoms with van der Waals surface area (Å²) in [4.78, 5) is 18.0. The van der Waals surface area contributed by atoms with Gasteiger partial charge in [0.25, 0.3) is 5.91 Å². The van der Waals surface area contributed by atoms with Crippen molar-refractivity contribution in [3.05, 3.63) is 42.5 Å². The van der Waals surface area contributed by atoms with Crippen LogP contribution in [0.4, 0.5) is 5.69 Å². The van der Waals surface area contributed by atoms with Gasteiger partial charge in [-0.05, 0) is 12.1 Å². The first-order chi connectivity index (χ1) is 7.25. The minimum atomic E-state index is -0.342. The van der Waals surface area contributed by atoms with E-state index >= 15 is 0 Å². The van der Waals surface area contributed by atoms with Gasteiger partial charge < -0.3 is 15.4 Å². The van der Waals surface area contributed by atoms with Gasteiger partial charge in [0.2, 0.25) is 0 Å². The number of anilines is 1. The van der Waals surface area contributed by atoms with Crippen molar-refractivity contribution in [3.8, 4) is 5.75 Å². The minimum absolute atomic E-state index is 0.104. The Labute approximate surface area is 85.8 Å². The largest absolute Gasteiger partial charge is 0.508 e. The molecule has 0 unspecified atom stereocenters. The molecule has 5 nitrogen and oxygen atoms in total. The molecule has 0 saturated heterocycles. The van der Waals surface area contributed by atoms with Gasteiger partial charge in [-0.25, -0.2) is 4.98 Å². The van der Waals surface area contributed by atoms with Crippen LogP contribution in [0.15, 0.2) is 36.7 Å². The molecule has 2 rings (SSSR count). The molecule has 0 atom stereocenters. The quantitative estimate of drug-likeness (QED) is 0.689. The number of H-pyrrole nitrogens is 1. The monoisotopic (exact) mass is 203 g/mol. The van der Waals surface area contributed by atoms with E-state index in [1.54, 1.807) is 18.3 Å². The molecule has 76 valence electrons. The van der Waals surface area contributed by atoms with Crippen molar-refractivity contribution in [2.45, 2.75) is 0 Å². The second kappa shape index (κ2) is 3.83. The highest BCUT2D eigenvalue weighted by Crippen LogP contribution is 2.15. The maximum absolute atomic E-state index is 11.5. The van der Waals surface area contributed by atoms with Gasteiger partial charge >= 0.3 is 0 Å². The lowest BCUT2D eigenvalue weighted by Crippen LogP contribution is -2.13. The Morgan fingerprint density at radius 1 is 1.47 bits per heavy atom. The summed E-state index contributed by atoms with van der Waals surface area (Å²) < 4.78 is 0. The molecule has 1 aromatic heterocycles. The molecule has 0 radical (unpaired) electrons. The number of carbonyl (C=O) groups is 1. The van der Waals surface area contributed by atoms with Crippen LogP contribution in [0.25, 0.3) is 0 Å². The molecule has 2 aromatic rings. The third-order valence-corrected chi connectivity index (χ3v) is 1.82. The van der Waals surface area contributed by atoms with Gasteiger partial charge in [0.1, 0.15) is 5.75 Å². The molecule has 1 aromatic carbocycles. The molecular formula is C10H9N3O2. The molecule has 1 heterocycles. The molecule has 0 spiro atoms. The highest BCUT2D eigenvalue weighted by molar-refractivity contribution is 6.01. The number of phenols is 1. The number of aromatic nitrogens is 2. The molecule has 1 amide bonds. The number of hydrogen-bond acceptors (Lipinski definition) is 3. The van der Waals surface area contributed by atoms with E-state index < -0.39 is 0 Å². The Bertz CT molecular complexity index is 465. The number of aromatic amines is 1. The first-order valence-electron chi connectivity index (χ1n) is 4.35. The third-order valence-electron chi connectivity index (χ3n) is 1.82. The summed E-state index contributed by atoms with van der Waals surface area (Å²) in [6.45, 7) is 0. The van der Waals surface area contributed by atoms with Gasteiger partial charge in [0.15, 0.2) is 5.82 Å². The van der Waals surface area contributed by atoms with E-state index in [1.165, 1.54) is 18.3 Å². The second-order valence-electron chi connectivity index (χ2n) is 2.94. The fourth-order valence-electron chi connectivity index (χ4n) is 1.16. The average Bonchev–Trinajstić information content (AvgIpc) is 2.70. The molecule has 0 bridgehead atoms. The Morgan fingerprint density at radius 3 is 3.00 bits per heavy atom. The smallest absolute Gasteiger partial charge is 0.291 e. The van der Waals surface area contributed by atoms with Crippen molar-refractivity contribution in [2.24, 2.45) is 0 Å². The molecule has 15 heavy (non-hydrogen) atoms. The molecule has 0 aliphatic rings. The lowest BCUT2D eigenvalue weighted by molar-refractivity contribution is 0.101. The number of amides is 1. The standard InChI is InChI=1S/C10H9N3O2/c14-8-3-1-2-7(6-8)13-10(15)9-11-4-5-12-9/h1-6,14H,(H,11,12)(H,13,15). The third kappa shape index (κ3) is 2.14. The predicted octanol–water partition coefficient (Wildman–Crippen LogP) is 1.37. The summed E-state index contributed by atoms with van der Waals surface area (Å²) in [5.74, 6) is -0.00353. The van der Waals surface area contributed by atoms with Gasteiger partial charge in [-0.1, -0.05) is 6.07 Å². The molecule has 0 aliphatic carbocycles. The van der Waals surface area contributed by atoms with Crippen molar-refractivity contribution in [2.75, 3.05) is 5.32 Å². The summed E-state index contributed by atoms with van der Waals surface area (Å²) in [5, 5.41) is 11.8. The maximum atomic E-state index is 11.5. The molecule has 0 fully saturated rings. The fraction of sp³-hybridized carbons (Fsp3) is 0. The molecule has 0 saturated carbocycles. The number of nitrogens with one attached hydrogen (secondary N) is 2. The van der Waals surface area contributed by atoms with Gasteiger partial charge in [-0.3, -0.25) is 4.79 Å². The zero-order valence-corrected chi connectivity index (χ0v) is 7.77. The Hall–Kier alpha value is -2.30. The van der Waals surface area contributed by atoms with Gasteiger partial charge in [0.05, 0.1) is 0 Å². The lowest BCUT2D eigenvalue weighted by Gasteiger charge is -2.02. The van der Waals surface area contributed by atoms with Crippen molar-refractivity contribution in [1.82, 2.24) is 9.97 Å². The zero-order valence-electron chi connectivity index (χ0n) is 7.77. The van der Waals surface area contributed by atoms with E-state index in [0.29, 0.717) is 5.69 Å². The van der Waals surface area contributed by atoms with Gasteiger partial charge in [0, 0.05) is 24.1 Å². The van der Waals surface area contributed by atoms with Crippen molar-refractivity contribution in [3.63, 3.8) is 0 Å². The van der Waals surface area contributed by atoms with Crippen LogP contribution in [-0.4, -0.2) is 21.0 Å². The van der Waals surface area contributed by atoms with E-state index in [9.17, 15) is 9.90 Å². The highest BCUT2D eigenvalue weighted by atomic mass is 16.3. The van der Waals surface area contributed by atoms with Crippen molar-refractivity contribution >= 4 is 11.6 Å². The molecule has 5 heteroatoms. The van der Waals surface area contributed by atoms with Crippen LogP contribution < -0.4 is 5.32 Å². The average molecular weight is 203 g/mol. The number of benzene rings is 1. The number of rotatable bonds is 2. The van der Waals surface area contributed by atoms with E-state index in [1.807, 2.05) is 0 Å². The maximum Gasteiger partial charge on any atom is 0.291 e. The summed E-state index contributed by atoms with van der Waals surface area (Å²) in [6, 6.07) is 6.32. The van der Waals surface area contributed by atoms with E-state index in [0.717, 1.165) is 0 Å². The number of nitrogens with zero attached hydrogens (tertiary/aromatic N) is 1. The van der Waals surface area contributed by atoms with Gasteiger partial charge in [-0.15, -0.1) is 0 Å². The van der Waals surface area contributed by atoms with Crippen LogP contribution in [0.2, 0.25) is 0 Å². The van der Waals surface area contributed by atoms with E-state index in [-0.39, 0.29) is 17.5 Å². The van der Waals surface area contributed by atoms with E-state index in [4.69, 9.17) is 0 Å². The topological polar surface area (TPSA) is 78.0 Å². The van der Waals surface area contributed by atoms with Crippen LogP contribution in [-0.2, 0) is 0 Å². The first kappa shape index (κ1) is 9.26. The summed E-state index contributed by atoms with van der Waals surface area (Å²) in [6.07, 6.45) is 3.06. The van der Waals surface area contributed by atoms with E-state index in [2.05, 4.69) is 15.3 Å². The van der Waals surface area contributed by atoms with Gasteiger partial charge in [-0.2, -0.15) is 0 Å². The summed E-state index contributed by atoms with van der Waals surface area (Å²) in [7, 11) is 0. The first-order valence-corrected chi connectivity index (χ1v) is 4.35. The van der Waals surface area contributed by atoms with Crippen LogP contribution in [0, 0.1) is 0 Å². The Kier molecular flexibility index (Phi) is 2.37. The number of phenolic OH excluding ortho intramolecular Hbond substituents is 1. The normalized spacial score (nSPS) is 9.87. The van der Waals surface area contributed by atoms with Crippen LogP contribution in [0.3, 0.4) is 0 Å². The predicted molar refractivity (Wildman–Crippen MR) is 54.6 cm³/mol. The number of aromatic hydroxyl groups is 1. The Balaban J connectivity index is 2.13. The van der Waals surface area contributed by atoms with Crippen molar-refractivity contribution in [1.29, 1.82) is 0 Å². The SMILES string of the molecule is O=C(Nc1cccc(O)c1)c1ncc[nH]1. The second-order valence-corrected chi connectivity index (χ2v) is 2.94. The van der Waals surface area contributed by atoms with Crippen LogP contribution in [0.1, 0.15) is 10.6 Å². The molecule has 3 N–H and O–H groups in total. The Morgan fingerprint density at radius 2 is 2.33 bits per heavy atom. The number of hydrogen-bond donors (Lipinski definition) is 3. The summed E-state index contributed by atoms with van der Waals surface area (Å²) in [5.41, 5.74) is 0.524. The van der Waals surface area contributed by atoms with Crippen molar-refractivity contribution < 1.29 is 9.90 Å². The molecule has 0 aliphatic heterocycles. The summed E-state index contributed by atoms with van der Waals surface area (Å²) >= 11 is 0. The van der Waals surface area contributed by atoms with Crippen LogP contribution >= 0.6 is 0 Å². The number of carbonyl (C=O) groups excluding carboxylic acids is 1. The lowest BCUT2D eigenvalue weighted by atomic mass is 10.3. The zero-order chi connectivity index (χ0) is 10.7. The highest BCUT2D eigenvalue weighted by Gasteiger charge is 2.07.